The van der Waals surface area contributed by atoms with Crippen LogP contribution in [0.3, 0.4) is 0 Å². The second-order valence-electron chi connectivity index (χ2n) is 10.5. The van der Waals surface area contributed by atoms with E-state index in [9.17, 15) is 19.2 Å². The average molecular weight is 539 g/mol. The van der Waals surface area contributed by atoms with Gasteiger partial charge in [0.2, 0.25) is 5.91 Å². The summed E-state index contributed by atoms with van der Waals surface area (Å²) in [6.45, 7) is 6.37. The molecule has 1 aromatic heterocycles. The van der Waals surface area contributed by atoms with E-state index in [4.69, 9.17) is 4.74 Å². The highest BCUT2D eigenvalue weighted by Gasteiger charge is 2.53. The zero-order valence-electron chi connectivity index (χ0n) is 21.8. The highest BCUT2D eigenvalue weighted by Crippen LogP contribution is 2.32. The number of thiophene rings is 1. The minimum atomic E-state index is -0.750. The van der Waals surface area contributed by atoms with Crippen LogP contribution < -0.4 is 5.32 Å². The second-order valence-corrected chi connectivity index (χ2v) is 11.6. The van der Waals surface area contributed by atoms with Crippen molar-refractivity contribution in [2.45, 2.75) is 44.8 Å². The maximum Gasteiger partial charge on any atom is 0.320 e. The normalized spacial score (nSPS) is 22.1. The summed E-state index contributed by atoms with van der Waals surface area (Å²) in [5.74, 6) is -0.519. The Labute approximate surface area is 226 Å². The Bertz CT molecular complexity index is 1190. The van der Waals surface area contributed by atoms with Crippen molar-refractivity contribution in [2.75, 3.05) is 39.4 Å². The maximum absolute atomic E-state index is 13.8. The van der Waals surface area contributed by atoms with E-state index in [0.29, 0.717) is 50.6 Å². The molecule has 4 amide bonds. The van der Waals surface area contributed by atoms with Crippen molar-refractivity contribution in [3.05, 3.63) is 47.3 Å². The Morgan fingerprint density at radius 1 is 1.03 bits per heavy atom. The van der Waals surface area contributed by atoms with Gasteiger partial charge in [0.25, 0.3) is 5.91 Å². The van der Waals surface area contributed by atoms with Crippen LogP contribution in [0, 0.1) is 5.92 Å². The Balaban J connectivity index is 1.29. The molecule has 3 atom stereocenters. The minimum absolute atomic E-state index is 0.00791. The van der Waals surface area contributed by atoms with E-state index < -0.39 is 12.1 Å². The Hall–Kier alpha value is -3.24. The van der Waals surface area contributed by atoms with Crippen molar-refractivity contribution in [1.29, 1.82) is 0 Å². The summed E-state index contributed by atoms with van der Waals surface area (Å²) < 4.78 is 5.35. The van der Waals surface area contributed by atoms with Crippen LogP contribution in [0.25, 0.3) is 10.4 Å². The smallest absolute Gasteiger partial charge is 0.320 e. The van der Waals surface area contributed by atoms with Crippen LogP contribution >= 0.6 is 11.3 Å². The number of morpholine rings is 1. The zero-order valence-corrected chi connectivity index (χ0v) is 22.6. The molecule has 1 N–H and O–H groups in total. The van der Waals surface area contributed by atoms with Gasteiger partial charge >= 0.3 is 6.03 Å². The van der Waals surface area contributed by atoms with Gasteiger partial charge in [-0.05, 0) is 36.5 Å². The summed E-state index contributed by atoms with van der Waals surface area (Å²) >= 11 is 1.38. The SMILES string of the molecule is CC(C)CC(NC(=O)c1ccc(-c2ccccc2)s1)C(=O)N1CCC2C1C(=O)CN2C(=O)N1CCOCC1. The van der Waals surface area contributed by atoms with Crippen molar-refractivity contribution >= 4 is 35.0 Å². The van der Waals surface area contributed by atoms with Crippen LogP contribution in [0.15, 0.2) is 42.5 Å². The largest absolute Gasteiger partial charge is 0.378 e. The molecule has 202 valence electrons. The molecule has 38 heavy (non-hydrogen) atoms. The molecule has 1 aromatic carbocycles. The van der Waals surface area contributed by atoms with E-state index in [2.05, 4.69) is 5.32 Å². The fraction of sp³-hybridized carbons (Fsp3) is 0.500. The highest BCUT2D eigenvalue weighted by atomic mass is 32.1. The van der Waals surface area contributed by atoms with Crippen LogP contribution in [0.1, 0.15) is 36.4 Å². The first kappa shape index (κ1) is 26.4. The molecule has 4 heterocycles. The van der Waals surface area contributed by atoms with Gasteiger partial charge in [0.15, 0.2) is 5.78 Å². The monoisotopic (exact) mass is 538 g/mol. The molecule has 10 heteroatoms. The van der Waals surface area contributed by atoms with Gasteiger partial charge in [0.1, 0.15) is 12.1 Å². The fourth-order valence-corrected chi connectivity index (χ4v) is 6.52. The number of urea groups is 1. The molecule has 0 saturated carbocycles. The van der Waals surface area contributed by atoms with Gasteiger partial charge in [0.05, 0.1) is 30.7 Å². The number of rotatable bonds is 6. The second kappa shape index (κ2) is 11.2. The number of nitrogens with zero attached hydrogens (tertiary/aromatic N) is 3. The molecule has 3 aliphatic rings. The van der Waals surface area contributed by atoms with Crippen LogP contribution in [-0.4, -0.2) is 95.8 Å². The summed E-state index contributed by atoms with van der Waals surface area (Å²) in [6, 6.07) is 11.6. The standard InChI is InChI=1S/C28H34N4O5S/c1-18(2)16-20(29-26(34)24-9-8-23(38-24)19-6-4-3-5-7-19)27(35)31-11-10-21-25(31)22(33)17-32(21)28(36)30-12-14-37-15-13-30/h3-9,18,20-21,25H,10-17H2,1-2H3,(H,29,34). The third-order valence-electron chi connectivity index (χ3n) is 7.43. The Morgan fingerprint density at radius 2 is 1.76 bits per heavy atom. The summed E-state index contributed by atoms with van der Waals surface area (Å²) in [4.78, 5) is 59.6. The van der Waals surface area contributed by atoms with Crippen LogP contribution in [-0.2, 0) is 14.3 Å². The number of hydrogen-bond acceptors (Lipinski definition) is 6. The number of carbonyl (C=O) groups excluding carboxylic acids is 4. The number of fused-ring (bicyclic) bond motifs is 1. The van der Waals surface area contributed by atoms with Gasteiger partial charge in [-0.15, -0.1) is 11.3 Å². The number of benzene rings is 1. The van der Waals surface area contributed by atoms with Crippen LogP contribution in [0.5, 0.6) is 0 Å². The van der Waals surface area contributed by atoms with Gasteiger partial charge < -0.3 is 24.8 Å². The maximum atomic E-state index is 13.8. The van der Waals surface area contributed by atoms with Crippen molar-refractivity contribution in [2.24, 2.45) is 5.92 Å². The van der Waals surface area contributed by atoms with Gasteiger partial charge in [0, 0.05) is 24.5 Å². The molecule has 0 bridgehead atoms. The molecule has 2 aromatic rings. The van der Waals surface area contributed by atoms with Gasteiger partial charge in [-0.3, -0.25) is 14.4 Å². The van der Waals surface area contributed by atoms with Gasteiger partial charge in [-0.1, -0.05) is 44.2 Å². The number of ether oxygens (including phenoxy) is 1. The summed E-state index contributed by atoms with van der Waals surface area (Å²) in [7, 11) is 0. The van der Waals surface area contributed by atoms with E-state index in [0.717, 1.165) is 10.4 Å². The number of Topliss-reactive ketones (excluding diaryl/α,β-unsaturated/α-hetero) is 1. The summed E-state index contributed by atoms with van der Waals surface area (Å²) in [5, 5.41) is 2.95. The van der Waals surface area contributed by atoms with Crippen LogP contribution in [0.2, 0.25) is 0 Å². The number of ketones is 1. The van der Waals surface area contributed by atoms with E-state index >= 15 is 0 Å². The predicted molar refractivity (Wildman–Crippen MR) is 144 cm³/mol. The molecule has 0 radical (unpaired) electrons. The Kier molecular flexibility index (Phi) is 7.80. The number of amides is 4. The summed E-state index contributed by atoms with van der Waals surface area (Å²) in [5.41, 5.74) is 1.03. The van der Waals surface area contributed by atoms with E-state index in [1.165, 1.54) is 11.3 Å². The highest BCUT2D eigenvalue weighted by molar-refractivity contribution is 7.17. The van der Waals surface area contributed by atoms with Gasteiger partial charge in [-0.25, -0.2) is 4.79 Å². The average Bonchev–Trinajstić information content (AvgIpc) is 3.66. The van der Waals surface area contributed by atoms with Gasteiger partial charge in [-0.2, -0.15) is 0 Å². The third-order valence-corrected chi connectivity index (χ3v) is 8.56. The van der Waals surface area contributed by atoms with Crippen molar-refractivity contribution in [3.8, 4) is 10.4 Å². The number of carbonyl (C=O) groups is 4. The molecule has 0 spiro atoms. The first-order valence-electron chi connectivity index (χ1n) is 13.3. The molecule has 5 rings (SSSR count). The molecular weight excluding hydrogens is 504 g/mol. The van der Waals surface area contributed by atoms with Crippen molar-refractivity contribution < 1.29 is 23.9 Å². The lowest BCUT2D eigenvalue weighted by molar-refractivity contribution is -0.138. The zero-order chi connectivity index (χ0) is 26.8. The lowest BCUT2D eigenvalue weighted by Gasteiger charge is -2.33. The molecule has 9 nitrogen and oxygen atoms in total. The lowest BCUT2D eigenvalue weighted by atomic mass is 10.0. The molecule has 3 fully saturated rings. The topological polar surface area (TPSA) is 99.3 Å². The molecule has 3 unspecified atom stereocenters. The molecule has 3 saturated heterocycles. The molecular formula is C28H34N4O5S. The van der Waals surface area contributed by atoms with E-state index in [1.54, 1.807) is 20.8 Å². The van der Waals surface area contributed by atoms with E-state index in [1.807, 2.05) is 50.2 Å². The lowest BCUT2D eigenvalue weighted by Crippen LogP contribution is -2.53. The number of hydrogen-bond donors (Lipinski definition) is 1. The predicted octanol–water partition coefficient (Wildman–Crippen LogP) is 2.87. The number of nitrogens with one attached hydrogen (secondary N) is 1. The fourth-order valence-electron chi connectivity index (χ4n) is 5.60. The molecule has 3 aliphatic heterocycles. The first-order chi connectivity index (χ1) is 18.3. The number of likely N-dealkylation sites (tertiary alicyclic amines) is 2. The van der Waals surface area contributed by atoms with E-state index in [-0.39, 0.29) is 42.1 Å². The van der Waals surface area contributed by atoms with Crippen LogP contribution in [0.4, 0.5) is 4.79 Å². The third kappa shape index (κ3) is 5.33. The van der Waals surface area contributed by atoms with Crippen molar-refractivity contribution in [1.82, 2.24) is 20.0 Å². The quantitative estimate of drug-likeness (QED) is 0.610. The van der Waals surface area contributed by atoms with Crippen molar-refractivity contribution in [3.63, 3.8) is 0 Å². The molecule has 0 aliphatic carbocycles. The minimum Gasteiger partial charge on any atom is -0.378 e. The summed E-state index contributed by atoms with van der Waals surface area (Å²) in [6.07, 6.45) is 1.01. The first-order valence-corrected chi connectivity index (χ1v) is 14.1. The Morgan fingerprint density at radius 3 is 2.47 bits per heavy atom.